The van der Waals surface area contributed by atoms with Crippen LogP contribution in [0.15, 0.2) is 60.7 Å². The van der Waals surface area contributed by atoms with Crippen molar-refractivity contribution < 1.29 is 5.11 Å². The van der Waals surface area contributed by atoms with Crippen molar-refractivity contribution in [2.45, 2.75) is 18.4 Å². The van der Waals surface area contributed by atoms with Crippen LogP contribution in [0.1, 0.15) is 17.5 Å². The predicted octanol–water partition coefficient (Wildman–Crippen LogP) is 2.47. The molecular formula is C16H19NO. The second-order valence-corrected chi connectivity index (χ2v) is 4.59. The van der Waals surface area contributed by atoms with Gasteiger partial charge in [0, 0.05) is 6.54 Å². The molecule has 0 heterocycles. The Kier molecular flexibility index (Phi) is 4.13. The Morgan fingerprint density at radius 1 is 0.889 bits per heavy atom. The van der Waals surface area contributed by atoms with E-state index in [0.717, 1.165) is 12.0 Å². The number of aliphatic hydroxyl groups is 1. The van der Waals surface area contributed by atoms with Crippen molar-refractivity contribution in [1.29, 1.82) is 0 Å². The van der Waals surface area contributed by atoms with Crippen LogP contribution in [0.3, 0.4) is 0 Å². The maximum absolute atomic E-state index is 10.6. The second-order valence-electron chi connectivity index (χ2n) is 4.59. The highest BCUT2D eigenvalue weighted by Crippen LogP contribution is 2.25. The average molecular weight is 241 g/mol. The molecule has 2 aromatic carbocycles. The molecule has 0 bridgehead atoms. The van der Waals surface area contributed by atoms with Crippen LogP contribution in [-0.2, 0) is 12.0 Å². The smallest absolute Gasteiger partial charge is 0.102 e. The molecule has 0 saturated heterocycles. The highest BCUT2D eigenvalue weighted by molar-refractivity contribution is 5.24. The van der Waals surface area contributed by atoms with Gasteiger partial charge in [-0.25, -0.2) is 0 Å². The van der Waals surface area contributed by atoms with Crippen molar-refractivity contribution in [2.75, 3.05) is 6.54 Å². The van der Waals surface area contributed by atoms with Gasteiger partial charge in [0.05, 0.1) is 0 Å². The summed E-state index contributed by atoms with van der Waals surface area (Å²) in [7, 11) is 0. The first-order valence-electron chi connectivity index (χ1n) is 6.26. The van der Waals surface area contributed by atoms with Gasteiger partial charge in [-0.3, -0.25) is 0 Å². The number of aryl methyl sites for hydroxylation is 1. The summed E-state index contributed by atoms with van der Waals surface area (Å²) in [5.74, 6) is 0. The second kappa shape index (κ2) is 5.80. The monoisotopic (exact) mass is 241 g/mol. The Hall–Kier alpha value is -1.64. The molecule has 0 amide bonds. The van der Waals surface area contributed by atoms with E-state index < -0.39 is 5.60 Å². The minimum absolute atomic E-state index is 0.240. The van der Waals surface area contributed by atoms with E-state index >= 15 is 0 Å². The van der Waals surface area contributed by atoms with Crippen LogP contribution in [0.4, 0.5) is 0 Å². The molecule has 18 heavy (non-hydrogen) atoms. The van der Waals surface area contributed by atoms with Crippen molar-refractivity contribution >= 4 is 0 Å². The number of nitrogens with two attached hydrogens (primary N) is 1. The summed E-state index contributed by atoms with van der Waals surface area (Å²) in [5.41, 5.74) is 6.93. The van der Waals surface area contributed by atoms with Gasteiger partial charge in [-0.2, -0.15) is 0 Å². The molecule has 0 fully saturated rings. The van der Waals surface area contributed by atoms with E-state index in [4.69, 9.17) is 5.73 Å². The van der Waals surface area contributed by atoms with Gasteiger partial charge >= 0.3 is 0 Å². The fourth-order valence-electron chi connectivity index (χ4n) is 2.11. The Labute approximate surface area is 108 Å². The lowest BCUT2D eigenvalue weighted by Gasteiger charge is -2.27. The summed E-state index contributed by atoms with van der Waals surface area (Å²) in [6.45, 7) is 0.240. The first kappa shape index (κ1) is 12.8. The Bertz CT molecular complexity index is 469. The molecule has 0 aliphatic rings. The zero-order chi connectivity index (χ0) is 12.8. The number of hydrogen-bond donors (Lipinski definition) is 2. The van der Waals surface area contributed by atoms with Crippen molar-refractivity contribution in [3.8, 4) is 0 Å². The summed E-state index contributed by atoms with van der Waals surface area (Å²) < 4.78 is 0. The molecular weight excluding hydrogens is 222 g/mol. The van der Waals surface area contributed by atoms with E-state index in [1.54, 1.807) is 0 Å². The summed E-state index contributed by atoms with van der Waals surface area (Å²) in [6, 6.07) is 19.8. The van der Waals surface area contributed by atoms with Gasteiger partial charge in [0.2, 0.25) is 0 Å². The molecule has 0 aliphatic heterocycles. The van der Waals surface area contributed by atoms with Crippen molar-refractivity contribution in [3.63, 3.8) is 0 Å². The topological polar surface area (TPSA) is 46.2 Å². The largest absolute Gasteiger partial charge is 0.384 e. The van der Waals surface area contributed by atoms with Gasteiger partial charge in [0.25, 0.3) is 0 Å². The van der Waals surface area contributed by atoms with Crippen LogP contribution in [0.5, 0.6) is 0 Å². The van der Waals surface area contributed by atoms with Gasteiger partial charge < -0.3 is 10.8 Å². The highest BCUT2D eigenvalue weighted by Gasteiger charge is 2.26. The summed E-state index contributed by atoms with van der Waals surface area (Å²) >= 11 is 0. The van der Waals surface area contributed by atoms with Crippen LogP contribution < -0.4 is 5.73 Å². The lowest BCUT2D eigenvalue weighted by Crippen LogP contribution is -2.35. The third-order valence-electron chi connectivity index (χ3n) is 3.32. The fourth-order valence-corrected chi connectivity index (χ4v) is 2.11. The number of hydrogen-bond acceptors (Lipinski definition) is 2. The molecule has 3 N–H and O–H groups in total. The SMILES string of the molecule is NCC(O)(CCc1ccccc1)c1ccccc1. The van der Waals surface area contributed by atoms with Gasteiger partial charge in [-0.15, -0.1) is 0 Å². The quantitative estimate of drug-likeness (QED) is 0.844. The summed E-state index contributed by atoms with van der Waals surface area (Å²) in [6.07, 6.45) is 1.46. The molecule has 0 radical (unpaired) electrons. The third-order valence-corrected chi connectivity index (χ3v) is 3.32. The molecule has 2 heteroatoms. The van der Waals surface area contributed by atoms with Crippen LogP contribution >= 0.6 is 0 Å². The number of benzene rings is 2. The minimum atomic E-state index is -0.933. The molecule has 2 aromatic rings. The molecule has 1 unspecified atom stereocenters. The van der Waals surface area contributed by atoms with E-state index in [2.05, 4.69) is 12.1 Å². The standard InChI is InChI=1S/C16H19NO/c17-13-16(18,15-9-5-2-6-10-15)12-11-14-7-3-1-4-8-14/h1-10,18H,11-13,17H2. The Balaban J connectivity index is 2.10. The van der Waals surface area contributed by atoms with E-state index in [0.29, 0.717) is 6.42 Å². The first-order chi connectivity index (χ1) is 8.74. The molecule has 0 aromatic heterocycles. The highest BCUT2D eigenvalue weighted by atomic mass is 16.3. The summed E-state index contributed by atoms with van der Waals surface area (Å²) in [4.78, 5) is 0. The van der Waals surface area contributed by atoms with Crippen LogP contribution in [0, 0.1) is 0 Å². The lowest BCUT2D eigenvalue weighted by molar-refractivity contribution is 0.0370. The van der Waals surface area contributed by atoms with E-state index in [1.807, 2.05) is 48.5 Å². The van der Waals surface area contributed by atoms with Crippen LogP contribution in [0.25, 0.3) is 0 Å². The molecule has 2 nitrogen and oxygen atoms in total. The summed E-state index contributed by atoms with van der Waals surface area (Å²) in [5, 5.41) is 10.6. The molecule has 0 spiro atoms. The zero-order valence-corrected chi connectivity index (χ0v) is 10.4. The van der Waals surface area contributed by atoms with Gasteiger partial charge in [0.1, 0.15) is 5.60 Å². The Morgan fingerprint density at radius 3 is 2.00 bits per heavy atom. The average Bonchev–Trinajstić information content (AvgIpc) is 2.47. The van der Waals surface area contributed by atoms with Gasteiger partial charge in [0.15, 0.2) is 0 Å². The van der Waals surface area contributed by atoms with E-state index in [9.17, 15) is 5.11 Å². The molecule has 0 saturated carbocycles. The Morgan fingerprint density at radius 2 is 1.44 bits per heavy atom. The van der Waals surface area contributed by atoms with Crippen molar-refractivity contribution in [3.05, 3.63) is 71.8 Å². The zero-order valence-electron chi connectivity index (χ0n) is 10.4. The van der Waals surface area contributed by atoms with Crippen LogP contribution in [0.2, 0.25) is 0 Å². The normalized spacial score (nSPS) is 14.1. The molecule has 94 valence electrons. The van der Waals surface area contributed by atoms with E-state index in [-0.39, 0.29) is 6.54 Å². The lowest BCUT2D eigenvalue weighted by atomic mass is 9.88. The van der Waals surface area contributed by atoms with Crippen molar-refractivity contribution in [2.24, 2.45) is 5.73 Å². The molecule has 2 rings (SSSR count). The van der Waals surface area contributed by atoms with E-state index in [1.165, 1.54) is 5.56 Å². The maximum atomic E-state index is 10.6. The third kappa shape index (κ3) is 2.97. The predicted molar refractivity (Wildman–Crippen MR) is 74.2 cm³/mol. The fraction of sp³-hybridized carbons (Fsp3) is 0.250. The number of rotatable bonds is 5. The molecule has 0 aliphatic carbocycles. The maximum Gasteiger partial charge on any atom is 0.102 e. The minimum Gasteiger partial charge on any atom is -0.384 e. The first-order valence-corrected chi connectivity index (χ1v) is 6.26. The molecule has 1 atom stereocenters. The van der Waals surface area contributed by atoms with Gasteiger partial charge in [-0.05, 0) is 24.0 Å². The van der Waals surface area contributed by atoms with Crippen LogP contribution in [-0.4, -0.2) is 11.7 Å². The van der Waals surface area contributed by atoms with Gasteiger partial charge in [-0.1, -0.05) is 60.7 Å². The van der Waals surface area contributed by atoms with Crippen molar-refractivity contribution in [1.82, 2.24) is 0 Å².